The first-order chi connectivity index (χ1) is 11.4. The molecule has 1 aromatic heterocycles. The molecule has 0 amide bonds. The number of rotatable bonds is 4. The molecule has 0 radical (unpaired) electrons. The molecule has 1 aromatic carbocycles. The molecule has 7 heteroatoms. The molecule has 24 heavy (non-hydrogen) atoms. The average molecular weight is 346 g/mol. The van der Waals surface area contributed by atoms with E-state index in [1.54, 1.807) is 13.0 Å². The van der Waals surface area contributed by atoms with E-state index in [1.807, 2.05) is 0 Å². The third kappa shape index (κ3) is 3.03. The number of hydrogen-bond acceptors (Lipinski definition) is 5. The molecule has 2 aromatic rings. The number of likely N-dealkylation sites (tertiary alicyclic amines) is 1. The van der Waals surface area contributed by atoms with Gasteiger partial charge < -0.3 is 5.11 Å². The number of aryl methyl sites for hydroxylation is 1. The lowest BCUT2D eigenvalue weighted by molar-refractivity contribution is 0.323. The topological polar surface area (TPSA) is 79.6 Å². The zero-order valence-corrected chi connectivity index (χ0v) is 14.1. The molecule has 0 unspecified atom stereocenters. The van der Waals surface area contributed by atoms with Crippen LogP contribution in [-0.2, 0) is 16.6 Å². The van der Waals surface area contributed by atoms with Gasteiger partial charge in [0.2, 0.25) is 0 Å². The van der Waals surface area contributed by atoms with Crippen LogP contribution in [0.1, 0.15) is 24.0 Å². The number of hydrogen-bond donors (Lipinski definition) is 1. The summed E-state index contributed by atoms with van der Waals surface area (Å²) in [5.41, 5.74) is 0.235. The SMILES string of the molecule is Cc1c#cc(S(=O)(=O)n2ccc(CN3CCCC3)c(O)c2=O)cc1. The van der Waals surface area contributed by atoms with Crippen molar-refractivity contribution in [2.45, 2.75) is 31.2 Å². The van der Waals surface area contributed by atoms with Gasteiger partial charge in [0.1, 0.15) is 4.90 Å². The number of aromatic hydroxyl groups is 1. The summed E-state index contributed by atoms with van der Waals surface area (Å²) in [5, 5.41) is 10.2. The van der Waals surface area contributed by atoms with Crippen molar-refractivity contribution >= 4 is 10.0 Å². The molecule has 1 aliphatic heterocycles. The van der Waals surface area contributed by atoms with Gasteiger partial charge in [-0.15, -0.1) is 0 Å². The molecule has 0 saturated carbocycles. The fourth-order valence-corrected chi connectivity index (χ4v) is 3.90. The Labute approximate surface area is 141 Å². The highest BCUT2D eigenvalue weighted by atomic mass is 32.2. The van der Waals surface area contributed by atoms with E-state index in [0.717, 1.165) is 31.5 Å². The summed E-state index contributed by atoms with van der Waals surface area (Å²) >= 11 is 0. The average Bonchev–Trinajstić information content (AvgIpc) is 3.05. The fourth-order valence-electron chi connectivity index (χ4n) is 2.75. The molecule has 126 valence electrons. The quantitative estimate of drug-likeness (QED) is 0.903. The first kappa shape index (κ1) is 16.6. The molecule has 6 nitrogen and oxygen atoms in total. The maximum absolute atomic E-state index is 12.6. The first-order valence-corrected chi connectivity index (χ1v) is 9.15. The van der Waals surface area contributed by atoms with Crippen LogP contribution in [0.5, 0.6) is 5.75 Å². The Hall–Kier alpha value is -2.30. The second kappa shape index (κ2) is 6.30. The summed E-state index contributed by atoms with van der Waals surface area (Å²) in [7, 11) is -4.11. The second-order valence-corrected chi connectivity index (χ2v) is 7.69. The standard InChI is InChI=1S/C17H18N2O4S/c1-13-4-6-15(7-5-13)24(22,23)19-11-8-14(16(20)17(19)21)12-18-9-2-3-10-18/h4,6,8,11,20H,2-3,9-10,12H2,1H3. The van der Waals surface area contributed by atoms with Crippen LogP contribution in [-0.4, -0.2) is 35.5 Å². The maximum Gasteiger partial charge on any atom is 0.306 e. The van der Waals surface area contributed by atoms with Crippen LogP contribution >= 0.6 is 0 Å². The molecular formula is C17H18N2O4S. The van der Waals surface area contributed by atoms with Crippen molar-refractivity contribution in [3.63, 3.8) is 0 Å². The minimum absolute atomic E-state index is 0.165. The van der Waals surface area contributed by atoms with E-state index in [1.165, 1.54) is 18.3 Å². The Balaban J connectivity index is 1.98. The van der Waals surface area contributed by atoms with Gasteiger partial charge in [-0.2, -0.15) is 8.42 Å². The third-order valence-corrected chi connectivity index (χ3v) is 5.71. The van der Waals surface area contributed by atoms with Crippen LogP contribution in [0.3, 0.4) is 0 Å². The van der Waals surface area contributed by atoms with E-state index in [0.29, 0.717) is 16.1 Å². The number of aromatic nitrogens is 1. The molecule has 1 N–H and O–H groups in total. The van der Waals surface area contributed by atoms with E-state index in [9.17, 15) is 18.3 Å². The monoisotopic (exact) mass is 346 g/mol. The van der Waals surface area contributed by atoms with Gasteiger partial charge in [-0.3, -0.25) is 9.69 Å². The Bertz CT molecular complexity index is 895. The zero-order valence-electron chi connectivity index (χ0n) is 13.3. The summed E-state index contributed by atoms with van der Waals surface area (Å²) in [6, 6.07) is 9.63. The lowest BCUT2D eigenvalue weighted by atomic mass is 10.2. The van der Waals surface area contributed by atoms with Crippen molar-refractivity contribution < 1.29 is 13.5 Å². The highest BCUT2D eigenvalue weighted by molar-refractivity contribution is 7.89. The predicted molar refractivity (Wildman–Crippen MR) is 88.3 cm³/mol. The summed E-state index contributed by atoms with van der Waals surface area (Å²) in [6.07, 6.45) is 3.37. The van der Waals surface area contributed by atoms with E-state index in [4.69, 9.17) is 0 Å². The molecule has 1 aliphatic rings. The van der Waals surface area contributed by atoms with Gasteiger partial charge in [0.05, 0.1) is 0 Å². The second-order valence-electron chi connectivity index (χ2n) is 5.91. The van der Waals surface area contributed by atoms with Gasteiger partial charge in [0.25, 0.3) is 10.0 Å². The smallest absolute Gasteiger partial charge is 0.306 e. The third-order valence-electron chi connectivity index (χ3n) is 4.12. The Kier molecular flexibility index (Phi) is 4.35. The first-order valence-electron chi connectivity index (χ1n) is 7.71. The van der Waals surface area contributed by atoms with Gasteiger partial charge >= 0.3 is 5.56 Å². The van der Waals surface area contributed by atoms with Crippen LogP contribution in [0.25, 0.3) is 0 Å². The van der Waals surface area contributed by atoms with Crippen LogP contribution in [0.4, 0.5) is 0 Å². The normalized spacial score (nSPS) is 15.4. The van der Waals surface area contributed by atoms with Crippen molar-refractivity contribution in [3.8, 4) is 5.75 Å². The molecule has 3 rings (SSSR count). The van der Waals surface area contributed by atoms with Gasteiger partial charge in [-0.25, -0.2) is 3.97 Å². The summed E-state index contributed by atoms with van der Waals surface area (Å²) in [5.74, 6) is -0.524. The summed E-state index contributed by atoms with van der Waals surface area (Å²) in [6.45, 7) is 4.02. The van der Waals surface area contributed by atoms with Crippen LogP contribution < -0.4 is 5.56 Å². The van der Waals surface area contributed by atoms with Gasteiger partial charge in [-0.1, -0.05) is 6.07 Å². The van der Waals surface area contributed by atoms with Crippen LogP contribution in [0, 0.1) is 19.1 Å². The van der Waals surface area contributed by atoms with E-state index < -0.39 is 21.3 Å². The molecule has 0 aliphatic carbocycles. The van der Waals surface area contributed by atoms with Gasteiger partial charge in [-0.05, 0) is 62.7 Å². The molecule has 1 saturated heterocycles. The lowest BCUT2D eigenvalue weighted by Gasteiger charge is -2.16. The molecule has 0 atom stereocenters. The number of nitrogens with zero attached hydrogens (tertiary/aromatic N) is 2. The Morgan fingerprint density at radius 1 is 1.17 bits per heavy atom. The highest BCUT2D eigenvalue weighted by Gasteiger charge is 2.22. The number of pyridine rings is 1. The van der Waals surface area contributed by atoms with E-state index in [-0.39, 0.29) is 4.90 Å². The van der Waals surface area contributed by atoms with Crippen molar-refractivity contribution in [1.82, 2.24) is 8.87 Å². The Morgan fingerprint density at radius 3 is 2.50 bits per heavy atom. The predicted octanol–water partition coefficient (Wildman–Crippen LogP) is 1.30. The molecular weight excluding hydrogens is 328 g/mol. The van der Waals surface area contributed by atoms with E-state index >= 15 is 0 Å². The Morgan fingerprint density at radius 2 is 1.88 bits per heavy atom. The lowest BCUT2D eigenvalue weighted by Crippen LogP contribution is -2.28. The maximum atomic E-state index is 12.6. The molecule has 2 heterocycles. The summed E-state index contributed by atoms with van der Waals surface area (Å²) in [4.78, 5) is 14.3. The van der Waals surface area contributed by atoms with Crippen LogP contribution in [0.2, 0.25) is 0 Å². The van der Waals surface area contributed by atoms with Crippen molar-refractivity contribution in [1.29, 1.82) is 0 Å². The minimum Gasteiger partial charge on any atom is -0.503 e. The molecule has 0 bridgehead atoms. The van der Waals surface area contributed by atoms with E-state index in [2.05, 4.69) is 17.0 Å². The van der Waals surface area contributed by atoms with Gasteiger partial charge in [0, 0.05) is 18.3 Å². The van der Waals surface area contributed by atoms with Crippen molar-refractivity contribution in [2.24, 2.45) is 0 Å². The fraction of sp³-hybridized carbons (Fsp3) is 0.353. The minimum atomic E-state index is -4.11. The molecule has 1 fully saturated rings. The van der Waals surface area contributed by atoms with Crippen LogP contribution in [0.15, 0.2) is 34.1 Å². The van der Waals surface area contributed by atoms with Crippen molar-refractivity contribution in [3.05, 3.63) is 58.0 Å². The molecule has 0 spiro atoms. The highest BCUT2D eigenvalue weighted by Crippen LogP contribution is 2.19. The zero-order chi connectivity index (χ0) is 17.3. The van der Waals surface area contributed by atoms with Gasteiger partial charge in [0.15, 0.2) is 5.75 Å². The summed E-state index contributed by atoms with van der Waals surface area (Å²) < 4.78 is 25.7. The largest absolute Gasteiger partial charge is 0.503 e. The van der Waals surface area contributed by atoms with Crippen molar-refractivity contribution in [2.75, 3.05) is 13.1 Å².